The number of nitriles is 1. The molecule has 0 radical (unpaired) electrons. The number of ether oxygens (including phenoxy) is 1. The Morgan fingerprint density at radius 3 is 2.43 bits per heavy atom. The van der Waals surface area contributed by atoms with Crippen LogP contribution >= 0.6 is 0 Å². The Hall–Kier alpha value is -5.23. The third-order valence-corrected chi connectivity index (χ3v) is 8.82. The third-order valence-electron chi connectivity index (χ3n) is 8.82. The van der Waals surface area contributed by atoms with Crippen LogP contribution in [0.4, 0.5) is 15.8 Å². The number of nitrogens with one attached hydrogen (secondary N) is 1. The van der Waals surface area contributed by atoms with Crippen LogP contribution in [0.15, 0.2) is 72.8 Å². The van der Waals surface area contributed by atoms with E-state index in [0.717, 1.165) is 40.5 Å². The highest BCUT2D eigenvalue weighted by molar-refractivity contribution is 6.27. The maximum absolute atomic E-state index is 14.5. The normalized spacial score (nSPS) is 18.5. The van der Waals surface area contributed by atoms with Crippen molar-refractivity contribution >= 4 is 39.9 Å². The van der Waals surface area contributed by atoms with Crippen molar-refractivity contribution in [3.63, 3.8) is 0 Å². The fourth-order valence-electron chi connectivity index (χ4n) is 6.60. The molecule has 2 fully saturated rings. The van der Waals surface area contributed by atoms with E-state index in [2.05, 4.69) is 5.32 Å². The number of hydrogen-bond acceptors (Lipinski definition) is 6. The lowest BCUT2D eigenvalue weighted by Crippen LogP contribution is -2.53. The van der Waals surface area contributed by atoms with Crippen molar-refractivity contribution in [3.8, 4) is 11.8 Å². The molecule has 2 saturated heterocycles. The van der Waals surface area contributed by atoms with Gasteiger partial charge in [0.25, 0.3) is 5.91 Å². The molecule has 0 spiro atoms. The first kappa shape index (κ1) is 27.6. The molecule has 3 aliphatic rings. The lowest BCUT2D eigenvalue weighted by atomic mass is 9.96. The molecule has 1 unspecified atom stereocenters. The zero-order chi connectivity index (χ0) is 30.4. The molecule has 4 aromatic rings. The summed E-state index contributed by atoms with van der Waals surface area (Å²) in [6.45, 7) is 1.33. The second-order valence-corrected chi connectivity index (χ2v) is 11.5. The van der Waals surface area contributed by atoms with Gasteiger partial charge in [0, 0.05) is 43.3 Å². The van der Waals surface area contributed by atoms with Crippen LogP contribution in [-0.2, 0) is 16.0 Å². The number of carbonyl (C=O) groups excluding carboxylic acids is 3. The minimum absolute atomic E-state index is 0.0277. The molecule has 44 heavy (non-hydrogen) atoms. The van der Waals surface area contributed by atoms with Crippen molar-refractivity contribution in [2.24, 2.45) is 0 Å². The van der Waals surface area contributed by atoms with Crippen LogP contribution in [0, 0.1) is 17.1 Å². The summed E-state index contributed by atoms with van der Waals surface area (Å²) in [5.74, 6) is -0.562. The minimum atomic E-state index is -0.710. The van der Waals surface area contributed by atoms with Gasteiger partial charge >= 0.3 is 0 Å². The van der Waals surface area contributed by atoms with E-state index in [0.29, 0.717) is 48.4 Å². The molecule has 9 heteroatoms. The van der Waals surface area contributed by atoms with Gasteiger partial charge in [0.05, 0.1) is 23.0 Å². The number of nitrogens with zero attached hydrogens (tertiary/aromatic N) is 3. The monoisotopic (exact) mass is 588 g/mol. The molecule has 4 aromatic carbocycles. The van der Waals surface area contributed by atoms with Crippen molar-refractivity contribution in [3.05, 3.63) is 101 Å². The van der Waals surface area contributed by atoms with Gasteiger partial charge in [-0.1, -0.05) is 30.3 Å². The number of halogens is 1. The van der Waals surface area contributed by atoms with Crippen molar-refractivity contribution in [2.75, 3.05) is 22.9 Å². The lowest BCUT2D eigenvalue weighted by molar-refractivity contribution is -0.134. The second kappa shape index (κ2) is 11.1. The molecule has 7 rings (SSSR count). The van der Waals surface area contributed by atoms with Crippen molar-refractivity contribution < 1.29 is 23.5 Å². The van der Waals surface area contributed by atoms with E-state index < -0.39 is 11.9 Å². The van der Waals surface area contributed by atoms with E-state index in [9.17, 15) is 18.8 Å². The number of imide groups is 1. The largest absolute Gasteiger partial charge is 0.490 e. The lowest BCUT2D eigenvalue weighted by Gasteiger charge is -2.34. The van der Waals surface area contributed by atoms with Gasteiger partial charge in [0.1, 0.15) is 23.7 Å². The Labute approximate surface area is 253 Å². The van der Waals surface area contributed by atoms with Crippen LogP contribution in [-0.4, -0.2) is 43.0 Å². The molecule has 1 N–H and O–H groups in total. The maximum atomic E-state index is 14.5. The molecule has 3 heterocycles. The Morgan fingerprint density at radius 2 is 1.70 bits per heavy atom. The molecule has 0 bridgehead atoms. The quantitative estimate of drug-likeness (QED) is 0.309. The Morgan fingerprint density at radius 1 is 0.932 bits per heavy atom. The third kappa shape index (κ3) is 4.92. The molecule has 220 valence electrons. The van der Waals surface area contributed by atoms with E-state index in [4.69, 9.17) is 10.00 Å². The molecule has 0 saturated carbocycles. The van der Waals surface area contributed by atoms with Crippen LogP contribution < -0.4 is 19.9 Å². The van der Waals surface area contributed by atoms with Gasteiger partial charge in [0.15, 0.2) is 0 Å². The summed E-state index contributed by atoms with van der Waals surface area (Å²) in [4.78, 5) is 41.3. The predicted octanol–water partition coefficient (Wildman–Crippen LogP) is 5.25. The van der Waals surface area contributed by atoms with E-state index in [-0.39, 0.29) is 30.2 Å². The number of amides is 3. The van der Waals surface area contributed by atoms with Crippen molar-refractivity contribution in [2.45, 2.75) is 44.2 Å². The van der Waals surface area contributed by atoms with Gasteiger partial charge in [-0.15, -0.1) is 0 Å². The van der Waals surface area contributed by atoms with Crippen molar-refractivity contribution in [1.82, 2.24) is 5.32 Å². The minimum Gasteiger partial charge on any atom is -0.490 e. The molecule has 1 atom stereocenters. The fraction of sp³-hybridized carbons (Fsp3) is 0.257. The van der Waals surface area contributed by atoms with E-state index in [1.165, 1.54) is 6.07 Å². The zero-order valence-electron chi connectivity index (χ0n) is 23.9. The Bertz CT molecular complexity index is 1860. The summed E-state index contributed by atoms with van der Waals surface area (Å²) in [7, 11) is 0. The molecule has 3 aliphatic heterocycles. The number of anilines is 2. The average Bonchev–Trinajstić information content (AvgIpc) is 3.32. The van der Waals surface area contributed by atoms with Crippen LogP contribution in [0.25, 0.3) is 10.8 Å². The summed E-state index contributed by atoms with van der Waals surface area (Å²) in [5, 5.41) is 13.2. The number of benzene rings is 4. The van der Waals surface area contributed by atoms with Gasteiger partial charge in [-0.3, -0.25) is 24.6 Å². The van der Waals surface area contributed by atoms with Crippen LogP contribution in [0.2, 0.25) is 0 Å². The zero-order valence-corrected chi connectivity index (χ0v) is 23.9. The topological polar surface area (TPSA) is 103 Å². The van der Waals surface area contributed by atoms with Gasteiger partial charge in [-0.25, -0.2) is 4.39 Å². The number of rotatable bonds is 6. The molecule has 0 aromatic heterocycles. The molecular weight excluding hydrogens is 559 g/mol. The highest BCUT2D eigenvalue weighted by atomic mass is 19.1. The van der Waals surface area contributed by atoms with Crippen molar-refractivity contribution in [1.29, 1.82) is 5.26 Å². The fourth-order valence-corrected chi connectivity index (χ4v) is 6.60. The van der Waals surface area contributed by atoms with Crippen LogP contribution in [0.1, 0.15) is 52.7 Å². The van der Waals surface area contributed by atoms with E-state index in [1.807, 2.05) is 59.5 Å². The van der Waals surface area contributed by atoms with Gasteiger partial charge < -0.3 is 9.64 Å². The molecule has 3 amide bonds. The first-order valence-corrected chi connectivity index (χ1v) is 14.8. The van der Waals surface area contributed by atoms with E-state index in [1.54, 1.807) is 23.1 Å². The average molecular weight is 589 g/mol. The summed E-state index contributed by atoms with van der Waals surface area (Å²) < 4.78 is 20.7. The first-order chi connectivity index (χ1) is 21.4. The van der Waals surface area contributed by atoms with Gasteiger partial charge in [-0.2, -0.15) is 5.26 Å². The number of carbonyl (C=O) groups is 3. The summed E-state index contributed by atoms with van der Waals surface area (Å²) in [5.41, 5.74) is 4.27. The van der Waals surface area contributed by atoms with Gasteiger partial charge in [0.2, 0.25) is 11.8 Å². The standard InChI is InChI=1S/C35H29FN4O4/c36-28-19-22(20-37)6-10-29(28)39-16-14-25(15-17-39)44-24-8-4-21(5-9-24)18-23-7-11-30-33-26(23)2-1-3-27(33)35(43)40(30)31-12-13-32(41)38-34(31)42/h1-11,19,25,31H,12-18H2,(H,38,41,42). The number of piperidine rings is 2. The first-order valence-electron chi connectivity index (χ1n) is 14.8. The smallest absolute Gasteiger partial charge is 0.259 e. The van der Waals surface area contributed by atoms with E-state index >= 15 is 0 Å². The summed E-state index contributed by atoms with van der Waals surface area (Å²) in [6.07, 6.45) is 2.71. The summed E-state index contributed by atoms with van der Waals surface area (Å²) in [6, 6.07) is 23.4. The highest BCUT2D eigenvalue weighted by Crippen LogP contribution is 2.41. The number of hydrogen-bond donors (Lipinski definition) is 1. The van der Waals surface area contributed by atoms with Gasteiger partial charge in [-0.05, 0) is 71.8 Å². The SMILES string of the molecule is N#Cc1ccc(N2CCC(Oc3ccc(Cc4ccc5c6c(cccc46)C(=O)N5C4CCC(=O)NC4=O)cc3)CC2)c(F)c1. The molecule has 0 aliphatic carbocycles. The van der Waals surface area contributed by atoms with Crippen LogP contribution in [0.5, 0.6) is 5.75 Å². The summed E-state index contributed by atoms with van der Waals surface area (Å²) >= 11 is 0. The second-order valence-electron chi connectivity index (χ2n) is 11.5. The molecule has 8 nitrogen and oxygen atoms in total. The Balaban J connectivity index is 1.03. The molecular formula is C35H29FN4O4. The Kier molecular flexibility index (Phi) is 6.97. The highest BCUT2D eigenvalue weighted by Gasteiger charge is 2.40. The predicted molar refractivity (Wildman–Crippen MR) is 163 cm³/mol. The maximum Gasteiger partial charge on any atom is 0.259 e. The van der Waals surface area contributed by atoms with Crippen LogP contribution in [0.3, 0.4) is 0 Å².